The molecule has 1 aromatic carbocycles. The van der Waals surface area contributed by atoms with E-state index in [0.29, 0.717) is 6.42 Å². The monoisotopic (exact) mass is 316 g/mol. The number of nitrogens with zero attached hydrogens (tertiary/aromatic N) is 3. The molecule has 0 atom stereocenters. The SMILES string of the molecule is COc1ccc(Cc2nccc(-c3c[nH]c4ccncc34)n2)cc1. The number of ether oxygens (including phenoxy) is 1. The first-order valence-electron chi connectivity index (χ1n) is 7.70. The predicted molar refractivity (Wildman–Crippen MR) is 92.9 cm³/mol. The van der Waals surface area contributed by atoms with Crippen LogP contribution in [0.1, 0.15) is 11.4 Å². The van der Waals surface area contributed by atoms with Gasteiger partial charge in [0.15, 0.2) is 0 Å². The smallest absolute Gasteiger partial charge is 0.133 e. The van der Waals surface area contributed by atoms with Crippen molar-refractivity contribution in [3.8, 4) is 17.0 Å². The standard InChI is InChI=1S/C19H16N4O/c1-24-14-4-2-13(3-5-14)10-19-21-9-7-18(23-19)16-12-22-17-6-8-20-11-15(16)17/h2-9,11-12,22H,10H2,1H3. The number of methoxy groups -OCH3 is 1. The number of aromatic nitrogens is 4. The number of fused-ring (bicyclic) bond motifs is 1. The Balaban J connectivity index is 1.66. The normalized spacial score (nSPS) is 10.9. The van der Waals surface area contributed by atoms with Crippen LogP contribution in [0, 0.1) is 0 Å². The summed E-state index contributed by atoms with van der Waals surface area (Å²) in [5, 5.41) is 1.06. The van der Waals surface area contributed by atoms with Crippen molar-refractivity contribution >= 4 is 10.9 Å². The van der Waals surface area contributed by atoms with E-state index in [1.165, 1.54) is 0 Å². The summed E-state index contributed by atoms with van der Waals surface area (Å²) in [4.78, 5) is 16.6. The van der Waals surface area contributed by atoms with Gasteiger partial charge in [-0.3, -0.25) is 4.98 Å². The average Bonchev–Trinajstić information content (AvgIpc) is 3.07. The van der Waals surface area contributed by atoms with Gasteiger partial charge in [0.1, 0.15) is 11.6 Å². The molecule has 118 valence electrons. The van der Waals surface area contributed by atoms with E-state index in [2.05, 4.69) is 15.0 Å². The molecule has 0 aliphatic carbocycles. The summed E-state index contributed by atoms with van der Waals surface area (Å²) in [6, 6.07) is 11.8. The third-order valence-electron chi connectivity index (χ3n) is 3.99. The summed E-state index contributed by atoms with van der Waals surface area (Å²) in [5.74, 6) is 1.63. The third-order valence-corrected chi connectivity index (χ3v) is 3.99. The lowest BCUT2D eigenvalue weighted by molar-refractivity contribution is 0.414. The van der Waals surface area contributed by atoms with Crippen LogP contribution in [-0.4, -0.2) is 27.0 Å². The largest absolute Gasteiger partial charge is 0.497 e. The number of hydrogen-bond donors (Lipinski definition) is 1. The van der Waals surface area contributed by atoms with E-state index in [-0.39, 0.29) is 0 Å². The molecule has 4 aromatic rings. The molecule has 0 aliphatic rings. The Morgan fingerprint density at radius 1 is 1.04 bits per heavy atom. The maximum atomic E-state index is 5.19. The van der Waals surface area contributed by atoms with Crippen LogP contribution >= 0.6 is 0 Å². The molecule has 0 saturated heterocycles. The molecule has 0 bridgehead atoms. The number of pyridine rings is 1. The van der Waals surface area contributed by atoms with E-state index in [9.17, 15) is 0 Å². The van der Waals surface area contributed by atoms with Gasteiger partial charge in [-0.25, -0.2) is 9.97 Å². The van der Waals surface area contributed by atoms with Crippen molar-refractivity contribution in [1.29, 1.82) is 0 Å². The first kappa shape index (κ1) is 14.4. The van der Waals surface area contributed by atoms with Gasteiger partial charge in [0.2, 0.25) is 0 Å². The summed E-state index contributed by atoms with van der Waals surface area (Å²) in [6.07, 6.45) is 8.07. The van der Waals surface area contributed by atoms with Crippen LogP contribution in [0.4, 0.5) is 0 Å². The van der Waals surface area contributed by atoms with Crippen LogP contribution < -0.4 is 4.74 Å². The highest BCUT2D eigenvalue weighted by atomic mass is 16.5. The van der Waals surface area contributed by atoms with Crippen molar-refractivity contribution in [2.24, 2.45) is 0 Å². The van der Waals surface area contributed by atoms with E-state index < -0.39 is 0 Å². The quantitative estimate of drug-likeness (QED) is 0.624. The number of aromatic amines is 1. The van der Waals surface area contributed by atoms with Crippen molar-refractivity contribution in [2.75, 3.05) is 7.11 Å². The van der Waals surface area contributed by atoms with Gasteiger partial charge >= 0.3 is 0 Å². The van der Waals surface area contributed by atoms with Gasteiger partial charge in [-0.2, -0.15) is 0 Å². The Morgan fingerprint density at radius 3 is 2.75 bits per heavy atom. The second-order valence-corrected chi connectivity index (χ2v) is 5.51. The van der Waals surface area contributed by atoms with Crippen molar-refractivity contribution in [1.82, 2.24) is 19.9 Å². The summed E-state index contributed by atoms with van der Waals surface area (Å²) >= 11 is 0. The zero-order valence-corrected chi connectivity index (χ0v) is 13.2. The molecule has 0 radical (unpaired) electrons. The highest BCUT2D eigenvalue weighted by Crippen LogP contribution is 2.26. The maximum Gasteiger partial charge on any atom is 0.133 e. The van der Waals surface area contributed by atoms with Gasteiger partial charge in [0.05, 0.1) is 12.8 Å². The van der Waals surface area contributed by atoms with Crippen molar-refractivity contribution in [3.63, 3.8) is 0 Å². The van der Waals surface area contributed by atoms with Crippen molar-refractivity contribution < 1.29 is 4.74 Å². The lowest BCUT2D eigenvalue weighted by Gasteiger charge is -2.05. The van der Waals surface area contributed by atoms with Gasteiger partial charge in [-0.05, 0) is 29.8 Å². The lowest BCUT2D eigenvalue weighted by atomic mass is 10.1. The van der Waals surface area contributed by atoms with Gasteiger partial charge in [0, 0.05) is 47.7 Å². The van der Waals surface area contributed by atoms with E-state index in [4.69, 9.17) is 9.72 Å². The van der Waals surface area contributed by atoms with Crippen LogP contribution in [0.3, 0.4) is 0 Å². The Hall–Kier alpha value is -3.21. The lowest BCUT2D eigenvalue weighted by Crippen LogP contribution is -1.97. The van der Waals surface area contributed by atoms with E-state index in [1.54, 1.807) is 19.5 Å². The fourth-order valence-corrected chi connectivity index (χ4v) is 2.73. The van der Waals surface area contributed by atoms with Crippen LogP contribution in [0.25, 0.3) is 22.2 Å². The first-order valence-corrected chi connectivity index (χ1v) is 7.70. The molecule has 0 fully saturated rings. The molecule has 5 heteroatoms. The Bertz CT molecular complexity index is 976. The predicted octanol–water partition coefficient (Wildman–Crippen LogP) is 3.62. The van der Waals surface area contributed by atoms with Gasteiger partial charge in [0.25, 0.3) is 0 Å². The summed E-state index contributed by atoms with van der Waals surface area (Å²) in [7, 11) is 1.66. The molecule has 3 heterocycles. The highest BCUT2D eigenvalue weighted by molar-refractivity contribution is 5.93. The van der Waals surface area contributed by atoms with Crippen LogP contribution in [-0.2, 0) is 6.42 Å². The number of hydrogen-bond acceptors (Lipinski definition) is 4. The zero-order chi connectivity index (χ0) is 16.4. The van der Waals surface area contributed by atoms with E-state index in [0.717, 1.165) is 39.3 Å². The molecule has 0 spiro atoms. The molecular weight excluding hydrogens is 300 g/mol. The van der Waals surface area contributed by atoms with Crippen molar-refractivity contribution in [2.45, 2.75) is 6.42 Å². The molecule has 0 aliphatic heterocycles. The minimum Gasteiger partial charge on any atom is -0.497 e. The molecule has 5 nitrogen and oxygen atoms in total. The second-order valence-electron chi connectivity index (χ2n) is 5.51. The Labute approximate surface area is 139 Å². The van der Waals surface area contributed by atoms with Crippen LogP contribution in [0.15, 0.2) is 61.2 Å². The van der Waals surface area contributed by atoms with Crippen LogP contribution in [0.5, 0.6) is 5.75 Å². The van der Waals surface area contributed by atoms with Crippen LogP contribution in [0.2, 0.25) is 0 Å². The first-order chi connectivity index (χ1) is 11.8. The molecule has 4 rings (SSSR count). The number of benzene rings is 1. The average molecular weight is 316 g/mol. The summed E-state index contributed by atoms with van der Waals surface area (Å²) in [5.41, 5.74) is 4.13. The molecular formula is C19H16N4O. The number of rotatable bonds is 4. The molecule has 24 heavy (non-hydrogen) atoms. The minimum atomic E-state index is 0.679. The molecule has 3 aromatic heterocycles. The Kier molecular flexibility index (Phi) is 3.67. The minimum absolute atomic E-state index is 0.679. The summed E-state index contributed by atoms with van der Waals surface area (Å²) in [6.45, 7) is 0. The number of nitrogens with one attached hydrogen (secondary N) is 1. The van der Waals surface area contributed by atoms with Gasteiger partial charge in [-0.1, -0.05) is 12.1 Å². The maximum absolute atomic E-state index is 5.19. The third kappa shape index (κ3) is 2.72. The van der Waals surface area contributed by atoms with Gasteiger partial charge in [-0.15, -0.1) is 0 Å². The topological polar surface area (TPSA) is 63.7 Å². The molecule has 1 N–H and O–H groups in total. The zero-order valence-electron chi connectivity index (χ0n) is 13.2. The highest BCUT2D eigenvalue weighted by Gasteiger charge is 2.09. The fraction of sp³-hybridized carbons (Fsp3) is 0.105. The number of H-pyrrole nitrogens is 1. The van der Waals surface area contributed by atoms with E-state index in [1.807, 2.05) is 48.8 Å². The van der Waals surface area contributed by atoms with E-state index >= 15 is 0 Å². The Morgan fingerprint density at radius 2 is 1.92 bits per heavy atom. The molecule has 0 saturated carbocycles. The van der Waals surface area contributed by atoms with Gasteiger partial charge < -0.3 is 9.72 Å². The van der Waals surface area contributed by atoms with Crippen molar-refractivity contribution in [3.05, 3.63) is 72.6 Å². The molecule has 0 amide bonds. The second kappa shape index (κ2) is 6.12. The fourth-order valence-electron chi connectivity index (χ4n) is 2.73. The molecule has 0 unspecified atom stereocenters. The summed E-state index contributed by atoms with van der Waals surface area (Å²) < 4.78 is 5.19.